The van der Waals surface area contributed by atoms with E-state index in [1.165, 1.54) is 17.3 Å². The van der Waals surface area contributed by atoms with Gasteiger partial charge in [-0.15, -0.1) is 0 Å². The van der Waals surface area contributed by atoms with Crippen molar-refractivity contribution in [1.29, 1.82) is 0 Å². The molecule has 0 bridgehead atoms. The number of benzene rings is 1. The lowest BCUT2D eigenvalue weighted by Gasteiger charge is -2.19. The number of allylic oxidation sites excluding steroid dienone is 2. The molecule has 0 unspecified atom stereocenters. The molecule has 2 rings (SSSR count). The molecule has 0 atom stereocenters. The second kappa shape index (κ2) is 8.96. The summed E-state index contributed by atoms with van der Waals surface area (Å²) in [5, 5.41) is 5.01. The van der Waals surface area contributed by atoms with Crippen molar-refractivity contribution in [1.82, 2.24) is 9.99 Å². The molecule has 0 saturated carbocycles. The number of halogens is 2. The van der Waals surface area contributed by atoms with Gasteiger partial charge in [0.2, 0.25) is 0 Å². The average Bonchev–Trinajstić information content (AvgIpc) is 2.59. The van der Waals surface area contributed by atoms with E-state index < -0.39 is 0 Å². The van der Waals surface area contributed by atoms with Gasteiger partial charge in [0.25, 0.3) is 0 Å². The van der Waals surface area contributed by atoms with Crippen LogP contribution in [0.1, 0.15) is 12.5 Å². The van der Waals surface area contributed by atoms with Crippen molar-refractivity contribution in [2.24, 2.45) is 10.8 Å². The fourth-order valence-corrected chi connectivity index (χ4v) is 2.00. The van der Waals surface area contributed by atoms with E-state index in [-0.39, 0.29) is 5.82 Å². The lowest BCUT2D eigenvalue weighted by Crippen LogP contribution is -2.30. The molecule has 0 aliphatic carbocycles. The standard InChI is InChI=1S/C18H19ClFN5/c1-13(19)12-23-17(15-5-3-4-6-16(15)20)11-18(25(2)21)24-14-7-9-22-10-8-14/h3-12H,21H2,1-2H3,(H,22,24)/b13-12-,18-11-,23-17-. The Morgan fingerprint density at radius 1 is 1.28 bits per heavy atom. The minimum absolute atomic E-state index is 0.340. The minimum atomic E-state index is -0.388. The predicted molar refractivity (Wildman–Crippen MR) is 100 cm³/mol. The van der Waals surface area contributed by atoms with E-state index in [0.29, 0.717) is 22.1 Å². The summed E-state index contributed by atoms with van der Waals surface area (Å²) in [5.74, 6) is 6.04. The summed E-state index contributed by atoms with van der Waals surface area (Å²) >= 11 is 5.86. The number of nitrogens with two attached hydrogens (primary N) is 1. The molecule has 0 spiro atoms. The second-order valence-electron chi connectivity index (χ2n) is 5.21. The summed E-state index contributed by atoms with van der Waals surface area (Å²) in [6.07, 6.45) is 6.42. The fourth-order valence-electron chi connectivity index (χ4n) is 1.95. The third-order valence-electron chi connectivity index (χ3n) is 3.14. The summed E-state index contributed by atoms with van der Waals surface area (Å²) in [7, 11) is 1.67. The number of pyridine rings is 1. The second-order valence-corrected chi connectivity index (χ2v) is 5.81. The molecule has 25 heavy (non-hydrogen) atoms. The molecule has 1 heterocycles. The topological polar surface area (TPSA) is 66.5 Å². The first kappa shape index (κ1) is 18.6. The molecular formula is C18H19ClFN5. The van der Waals surface area contributed by atoms with Crippen LogP contribution < -0.4 is 11.2 Å². The molecule has 0 saturated heterocycles. The van der Waals surface area contributed by atoms with E-state index >= 15 is 0 Å². The SMILES string of the molecule is C/C(Cl)=C/N=C(/C=C(/Nc1ccncc1)N(C)N)c1ccccc1F. The van der Waals surface area contributed by atoms with Crippen LogP contribution in [0.15, 0.2) is 76.9 Å². The lowest BCUT2D eigenvalue weighted by atomic mass is 10.1. The largest absolute Gasteiger partial charge is 0.341 e. The lowest BCUT2D eigenvalue weighted by molar-refractivity contribution is 0.446. The highest BCUT2D eigenvalue weighted by Crippen LogP contribution is 2.14. The Morgan fingerprint density at radius 2 is 1.96 bits per heavy atom. The van der Waals surface area contributed by atoms with Crippen LogP contribution in [0.2, 0.25) is 0 Å². The van der Waals surface area contributed by atoms with Crippen molar-refractivity contribution in [2.75, 3.05) is 12.4 Å². The zero-order chi connectivity index (χ0) is 18.2. The van der Waals surface area contributed by atoms with Crippen LogP contribution in [0.25, 0.3) is 0 Å². The van der Waals surface area contributed by atoms with E-state index in [9.17, 15) is 4.39 Å². The summed E-state index contributed by atoms with van der Waals surface area (Å²) in [5.41, 5.74) is 1.51. The fraction of sp³-hybridized carbons (Fsp3) is 0.111. The number of hydrazine groups is 1. The third-order valence-corrected chi connectivity index (χ3v) is 3.24. The number of aromatic nitrogens is 1. The molecule has 0 fully saturated rings. The van der Waals surface area contributed by atoms with E-state index in [1.54, 1.807) is 62.8 Å². The number of hydrogen-bond donors (Lipinski definition) is 2. The normalized spacial score (nSPS) is 12.9. The number of hydrogen-bond acceptors (Lipinski definition) is 5. The van der Waals surface area contributed by atoms with Gasteiger partial charge < -0.3 is 5.32 Å². The Bertz CT molecular complexity index is 796. The molecule has 0 amide bonds. The quantitative estimate of drug-likeness (QED) is 0.467. The number of nitrogens with zero attached hydrogens (tertiary/aromatic N) is 3. The first-order chi connectivity index (χ1) is 12.0. The third kappa shape index (κ3) is 5.70. The Kier molecular flexibility index (Phi) is 6.68. The highest BCUT2D eigenvalue weighted by Gasteiger charge is 2.10. The summed E-state index contributed by atoms with van der Waals surface area (Å²) in [6, 6.07) is 9.95. The first-order valence-electron chi connectivity index (χ1n) is 7.49. The highest BCUT2D eigenvalue weighted by molar-refractivity contribution is 6.29. The Hall–Kier alpha value is -2.70. The molecule has 0 radical (unpaired) electrons. The molecule has 3 N–H and O–H groups in total. The smallest absolute Gasteiger partial charge is 0.132 e. The van der Waals surface area contributed by atoms with Crippen molar-refractivity contribution < 1.29 is 4.39 Å². The Labute approximate surface area is 151 Å². The zero-order valence-electron chi connectivity index (χ0n) is 13.9. The number of rotatable bonds is 6. The van der Waals surface area contributed by atoms with Crippen LogP contribution in [-0.2, 0) is 0 Å². The molecular weight excluding hydrogens is 341 g/mol. The predicted octanol–water partition coefficient (Wildman–Crippen LogP) is 3.87. The van der Waals surface area contributed by atoms with Gasteiger partial charge in [0.15, 0.2) is 0 Å². The Balaban J connectivity index is 2.47. The van der Waals surface area contributed by atoms with Crippen LogP contribution >= 0.6 is 11.6 Å². The molecule has 1 aromatic carbocycles. The summed E-state index contributed by atoms with van der Waals surface area (Å²) in [4.78, 5) is 8.26. The maximum absolute atomic E-state index is 14.2. The zero-order valence-corrected chi connectivity index (χ0v) is 14.7. The van der Waals surface area contributed by atoms with Crippen molar-refractivity contribution in [3.8, 4) is 0 Å². The minimum Gasteiger partial charge on any atom is -0.341 e. The van der Waals surface area contributed by atoms with E-state index in [1.807, 2.05) is 0 Å². The summed E-state index contributed by atoms with van der Waals surface area (Å²) in [6.45, 7) is 1.69. The molecule has 7 heteroatoms. The van der Waals surface area contributed by atoms with Gasteiger partial charge in [-0.2, -0.15) is 0 Å². The van der Waals surface area contributed by atoms with Gasteiger partial charge in [-0.25, -0.2) is 10.2 Å². The molecule has 2 aromatic rings. The van der Waals surface area contributed by atoms with Crippen LogP contribution in [-0.4, -0.2) is 22.8 Å². The van der Waals surface area contributed by atoms with Gasteiger partial charge in [-0.1, -0.05) is 23.7 Å². The maximum Gasteiger partial charge on any atom is 0.132 e. The van der Waals surface area contributed by atoms with E-state index in [0.717, 1.165) is 5.69 Å². The average molecular weight is 360 g/mol. The molecule has 130 valence electrons. The number of anilines is 1. The van der Waals surface area contributed by atoms with Gasteiger partial charge in [0, 0.05) is 48.0 Å². The monoisotopic (exact) mass is 359 g/mol. The van der Waals surface area contributed by atoms with Crippen LogP contribution in [0.5, 0.6) is 0 Å². The number of aliphatic imine (C=N–C) groups is 1. The molecule has 0 aliphatic rings. The van der Waals surface area contributed by atoms with Gasteiger partial charge in [0.05, 0.1) is 5.71 Å². The van der Waals surface area contributed by atoms with Crippen molar-refractivity contribution in [3.63, 3.8) is 0 Å². The van der Waals surface area contributed by atoms with Crippen molar-refractivity contribution >= 4 is 23.0 Å². The van der Waals surface area contributed by atoms with Gasteiger partial charge in [0.1, 0.15) is 11.6 Å². The van der Waals surface area contributed by atoms with Crippen LogP contribution in [0, 0.1) is 5.82 Å². The van der Waals surface area contributed by atoms with Crippen LogP contribution in [0.3, 0.4) is 0 Å². The maximum atomic E-state index is 14.2. The summed E-state index contributed by atoms with van der Waals surface area (Å²) < 4.78 is 14.2. The van der Waals surface area contributed by atoms with E-state index in [4.69, 9.17) is 17.4 Å². The van der Waals surface area contributed by atoms with Crippen molar-refractivity contribution in [2.45, 2.75) is 6.92 Å². The van der Waals surface area contributed by atoms with Crippen molar-refractivity contribution in [3.05, 3.63) is 83.3 Å². The molecule has 1 aromatic heterocycles. The molecule has 0 aliphatic heterocycles. The van der Waals surface area contributed by atoms with E-state index in [2.05, 4.69) is 15.3 Å². The highest BCUT2D eigenvalue weighted by atomic mass is 35.5. The first-order valence-corrected chi connectivity index (χ1v) is 7.87. The van der Waals surface area contributed by atoms with Gasteiger partial charge in [-0.05, 0) is 31.2 Å². The Morgan fingerprint density at radius 3 is 2.56 bits per heavy atom. The van der Waals surface area contributed by atoms with Gasteiger partial charge >= 0.3 is 0 Å². The van der Waals surface area contributed by atoms with Crippen LogP contribution in [0.4, 0.5) is 10.1 Å². The van der Waals surface area contributed by atoms with Gasteiger partial charge in [-0.3, -0.25) is 15.0 Å². The number of nitrogens with one attached hydrogen (secondary N) is 1. The molecule has 5 nitrogen and oxygen atoms in total.